The summed E-state index contributed by atoms with van der Waals surface area (Å²) in [5.74, 6) is -2.20. The second kappa shape index (κ2) is 4.65. The highest BCUT2D eigenvalue weighted by Crippen LogP contribution is 2.31. The summed E-state index contributed by atoms with van der Waals surface area (Å²) in [7, 11) is 0. The fraction of sp³-hybridized carbons (Fsp3) is 0.182. The first kappa shape index (κ1) is 13.0. The largest absolute Gasteiger partial charge is 0.480 e. The van der Waals surface area contributed by atoms with Gasteiger partial charge in [0, 0.05) is 12.6 Å². The van der Waals surface area contributed by atoms with E-state index in [0.29, 0.717) is 11.1 Å². The van der Waals surface area contributed by atoms with E-state index in [4.69, 9.17) is 10.8 Å². The van der Waals surface area contributed by atoms with Crippen LogP contribution >= 0.6 is 0 Å². The molecule has 1 atom stereocenters. The molecule has 0 amide bonds. The first-order valence-corrected chi connectivity index (χ1v) is 5.33. The number of nitro groups is 1. The molecule has 0 aliphatic carbocycles. The minimum absolute atomic E-state index is 0.0571. The molecule has 19 heavy (non-hydrogen) atoms. The highest BCUT2D eigenvalue weighted by Gasteiger charge is 2.24. The van der Waals surface area contributed by atoms with Crippen LogP contribution in [0.4, 0.5) is 10.1 Å². The highest BCUT2D eigenvalue weighted by atomic mass is 19.1. The van der Waals surface area contributed by atoms with Gasteiger partial charge in [-0.05, 0) is 17.7 Å². The lowest BCUT2D eigenvalue weighted by Gasteiger charge is -2.05. The van der Waals surface area contributed by atoms with Gasteiger partial charge in [0.25, 0.3) is 0 Å². The Morgan fingerprint density at radius 2 is 2.26 bits per heavy atom. The van der Waals surface area contributed by atoms with E-state index < -0.39 is 28.4 Å². The number of carbonyl (C=O) groups is 1. The number of aromatic nitrogens is 1. The van der Waals surface area contributed by atoms with Crippen molar-refractivity contribution in [2.24, 2.45) is 5.73 Å². The van der Waals surface area contributed by atoms with Crippen molar-refractivity contribution in [3.63, 3.8) is 0 Å². The van der Waals surface area contributed by atoms with Gasteiger partial charge in [0.2, 0.25) is 5.82 Å². The van der Waals surface area contributed by atoms with Crippen LogP contribution in [0.2, 0.25) is 0 Å². The van der Waals surface area contributed by atoms with Crippen molar-refractivity contribution in [2.45, 2.75) is 12.5 Å². The molecule has 100 valence electrons. The van der Waals surface area contributed by atoms with Gasteiger partial charge in [-0.25, -0.2) is 0 Å². The number of carboxylic acid groups (broad SMARTS) is 1. The van der Waals surface area contributed by atoms with Gasteiger partial charge >= 0.3 is 11.7 Å². The van der Waals surface area contributed by atoms with Gasteiger partial charge in [-0.2, -0.15) is 4.39 Å². The van der Waals surface area contributed by atoms with Gasteiger partial charge in [-0.15, -0.1) is 0 Å². The molecule has 0 saturated carbocycles. The molecule has 0 radical (unpaired) electrons. The number of fused-ring (bicyclic) bond motifs is 1. The molecule has 4 N–H and O–H groups in total. The number of nitro benzene ring substituents is 1. The predicted molar refractivity (Wildman–Crippen MR) is 64.2 cm³/mol. The van der Waals surface area contributed by atoms with Crippen molar-refractivity contribution in [3.8, 4) is 0 Å². The van der Waals surface area contributed by atoms with E-state index in [1.807, 2.05) is 0 Å². The summed E-state index contributed by atoms with van der Waals surface area (Å²) in [6.07, 6.45) is 1.28. The average molecular weight is 267 g/mol. The number of rotatable bonds is 4. The third-order valence-corrected chi connectivity index (χ3v) is 2.79. The minimum Gasteiger partial charge on any atom is -0.480 e. The van der Waals surface area contributed by atoms with Crippen LogP contribution in [0, 0.1) is 15.9 Å². The topological polar surface area (TPSA) is 122 Å². The number of benzene rings is 1. The standard InChI is InChI=1S/C11H10FN3O4/c12-6-1-2-8-9(10(6)15(18)19)5(4-14-8)3-7(13)11(16)17/h1-2,4,7,14H,3,13H2,(H,16,17)/t7-/m0/s1. The number of carboxylic acids is 1. The summed E-state index contributed by atoms with van der Waals surface area (Å²) in [6.45, 7) is 0. The third-order valence-electron chi connectivity index (χ3n) is 2.79. The Bertz CT molecular complexity index is 667. The van der Waals surface area contributed by atoms with Crippen LogP contribution in [0.5, 0.6) is 0 Å². The summed E-state index contributed by atoms with van der Waals surface area (Å²) in [4.78, 5) is 23.5. The Labute approximate surface area is 106 Å². The number of hydrogen-bond donors (Lipinski definition) is 3. The molecule has 8 heteroatoms. The maximum atomic E-state index is 13.5. The molecule has 0 saturated heterocycles. The molecule has 0 fully saturated rings. The zero-order chi connectivity index (χ0) is 14.2. The maximum Gasteiger partial charge on any atom is 0.320 e. The van der Waals surface area contributed by atoms with Gasteiger partial charge in [0.1, 0.15) is 6.04 Å². The molecular formula is C11H10FN3O4. The number of hydrogen-bond acceptors (Lipinski definition) is 4. The van der Waals surface area contributed by atoms with Crippen molar-refractivity contribution < 1.29 is 19.2 Å². The lowest BCUT2D eigenvalue weighted by molar-refractivity contribution is -0.385. The quantitative estimate of drug-likeness (QED) is 0.566. The van der Waals surface area contributed by atoms with E-state index in [9.17, 15) is 19.3 Å². The van der Waals surface area contributed by atoms with Crippen LogP contribution in [0.3, 0.4) is 0 Å². The Balaban J connectivity index is 2.60. The fourth-order valence-corrected chi connectivity index (χ4v) is 1.91. The molecule has 7 nitrogen and oxygen atoms in total. The monoisotopic (exact) mass is 267 g/mol. The number of halogens is 1. The smallest absolute Gasteiger partial charge is 0.320 e. The SMILES string of the molecule is N[C@@H](Cc1c[nH]c2ccc(F)c([N+](=O)[O-])c12)C(=O)O. The second-order valence-corrected chi connectivity index (χ2v) is 4.04. The molecule has 0 unspecified atom stereocenters. The van der Waals surface area contributed by atoms with E-state index in [-0.39, 0.29) is 11.8 Å². The van der Waals surface area contributed by atoms with Gasteiger partial charge in [0.05, 0.1) is 15.8 Å². The zero-order valence-electron chi connectivity index (χ0n) is 9.59. The fourth-order valence-electron chi connectivity index (χ4n) is 1.91. The molecule has 0 bridgehead atoms. The molecular weight excluding hydrogens is 257 g/mol. The molecule has 0 spiro atoms. The third kappa shape index (κ3) is 2.25. The molecule has 1 aromatic heterocycles. The molecule has 2 aromatic rings. The summed E-state index contributed by atoms with van der Waals surface area (Å²) < 4.78 is 13.5. The Hall–Kier alpha value is -2.48. The normalized spacial score (nSPS) is 12.5. The van der Waals surface area contributed by atoms with Gasteiger partial charge in [-0.1, -0.05) is 0 Å². The summed E-state index contributed by atoms with van der Waals surface area (Å²) in [5.41, 5.74) is 5.37. The van der Waals surface area contributed by atoms with Gasteiger partial charge < -0.3 is 15.8 Å². The molecule has 1 heterocycles. The van der Waals surface area contributed by atoms with Crippen LogP contribution in [-0.4, -0.2) is 27.0 Å². The molecule has 1 aromatic carbocycles. The summed E-state index contributed by atoms with van der Waals surface area (Å²) in [5, 5.41) is 19.7. The number of H-pyrrole nitrogens is 1. The first-order chi connectivity index (χ1) is 8.91. The summed E-state index contributed by atoms with van der Waals surface area (Å²) in [6, 6.07) is 1.13. The van der Waals surface area contributed by atoms with E-state index in [1.54, 1.807) is 0 Å². The van der Waals surface area contributed by atoms with Crippen LogP contribution in [0.25, 0.3) is 10.9 Å². The highest BCUT2D eigenvalue weighted by molar-refractivity contribution is 5.92. The van der Waals surface area contributed by atoms with Crippen molar-refractivity contribution in [1.82, 2.24) is 4.98 Å². The number of nitrogens with one attached hydrogen (secondary N) is 1. The second-order valence-electron chi connectivity index (χ2n) is 4.04. The zero-order valence-corrected chi connectivity index (χ0v) is 9.59. The van der Waals surface area contributed by atoms with Gasteiger partial charge in [-0.3, -0.25) is 14.9 Å². The van der Waals surface area contributed by atoms with Crippen molar-refractivity contribution >= 4 is 22.6 Å². The first-order valence-electron chi connectivity index (χ1n) is 5.33. The number of nitrogens with two attached hydrogens (primary N) is 1. The van der Waals surface area contributed by atoms with E-state index in [0.717, 1.165) is 6.07 Å². The van der Waals surface area contributed by atoms with E-state index in [1.165, 1.54) is 12.3 Å². The van der Waals surface area contributed by atoms with Crippen molar-refractivity contribution in [3.05, 3.63) is 39.8 Å². The van der Waals surface area contributed by atoms with E-state index in [2.05, 4.69) is 4.98 Å². The molecule has 2 rings (SSSR count). The molecule has 0 aliphatic rings. The average Bonchev–Trinajstić information content (AvgIpc) is 2.71. The van der Waals surface area contributed by atoms with Crippen LogP contribution in [-0.2, 0) is 11.2 Å². The number of aliphatic carboxylic acids is 1. The molecule has 0 aliphatic heterocycles. The van der Waals surface area contributed by atoms with Crippen LogP contribution in [0.15, 0.2) is 18.3 Å². The van der Waals surface area contributed by atoms with Gasteiger partial charge in [0.15, 0.2) is 0 Å². The lowest BCUT2D eigenvalue weighted by atomic mass is 10.0. The van der Waals surface area contributed by atoms with Crippen LogP contribution in [0.1, 0.15) is 5.56 Å². The lowest BCUT2D eigenvalue weighted by Crippen LogP contribution is -2.32. The number of nitrogens with zero attached hydrogens (tertiary/aromatic N) is 1. The Kier molecular flexibility index (Phi) is 3.17. The Morgan fingerprint density at radius 1 is 1.58 bits per heavy atom. The number of aromatic amines is 1. The van der Waals surface area contributed by atoms with Crippen molar-refractivity contribution in [2.75, 3.05) is 0 Å². The van der Waals surface area contributed by atoms with Crippen molar-refractivity contribution in [1.29, 1.82) is 0 Å². The summed E-state index contributed by atoms with van der Waals surface area (Å²) >= 11 is 0. The Morgan fingerprint density at radius 3 is 2.84 bits per heavy atom. The van der Waals surface area contributed by atoms with Crippen LogP contribution < -0.4 is 5.73 Å². The minimum atomic E-state index is -1.23. The maximum absolute atomic E-state index is 13.5. The van der Waals surface area contributed by atoms with E-state index >= 15 is 0 Å². The predicted octanol–water partition coefficient (Wildman–Crippen LogP) is 1.17.